The summed E-state index contributed by atoms with van der Waals surface area (Å²) in [6, 6.07) is 19.2. The van der Waals surface area contributed by atoms with Crippen LogP contribution in [0.4, 0.5) is 4.79 Å². The van der Waals surface area contributed by atoms with Crippen molar-refractivity contribution in [3.05, 3.63) is 71.8 Å². The maximum atomic E-state index is 13.1. The maximum absolute atomic E-state index is 13.1. The molecule has 2 rings (SSSR count). The minimum absolute atomic E-state index is 0.102. The van der Waals surface area contributed by atoms with Crippen molar-refractivity contribution >= 4 is 18.3 Å². The quantitative estimate of drug-likeness (QED) is 0.481. The fourth-order valence-corrected chi connectivity index (χ4v) is 2.83. The van der Waals surface area contributed by atoms with Crippen molar-refractivity contribution in [1.29, 1.82) is 0 Å². The molecule has 2 aromatic carbocycles. The van der Waals surface area contributed by atoms with E-state index in [1.54, 1.807) is 11.1 Å². The second-order valence-electron chi connectivity index (χ2n) is 7.92. The summed E-state index contributed by atoms with van der Waals surface area (Å²) in [4.78, 5) is 30.5. The molecule has 0 fully saturated rings. The van der Waals surface area contributed by atoms with E-state index >= 15 is 0 Å². The van der Waals surface area contributed by atoms with Crippen molar-refractivity contribution in [3.63, 3.8) is 0 Å². The van der Waals surface area contributed by atoms with Crippen LogP contribution in [-0.4, -0.2) is 48.5 Å². The van der Waals surface area contributed by atoms with Crippen molar-refractivity contribution in [2.45, 2.75) is 45.4 Å². The van der Waals surface area contributed by atoms with Gasteiger partial charge in [0.1, 0.15) is 12.1 Å². The molecule has 0 aliphatic heterocycles. The van der Waals surface area contributed by atoms with Gasteiger partial charge in [0.05, 0.1) is 13.2 Å². The first kappa shape index (κ1) is 23.1. The number of hydrogen-bond donors (Lipinski definition) is 0. The van der Waals surface area contributed by atoms with Crippen LogP contribution < -0.4 is 0 Å². The normalized spacial score (nSPS) is 12.4. The number of carbonyl (C=O) groups is 2. The Morgan fingerprint density at radius 3 is 2.10 bits per heavy atom. The summed E-state index contributed by atoms with van der Waals surface area (Å²) in [7, 11) is 1.32. The second-order valence-corrected chi connectivity index (χ2v) is 7.92. The van der Waals surface area contributed by atoms with Crippen LogP contribution in [0.3, 0.4) is 0 Å². The first-order valence-corrected chi connectivity index (χ1v) is 9.92. The number of ether oxygens (including phenoxy) is 2. The first-order valence-electron chi connectivity index (χ1n) is 9.92. The average molecular weight is 411 g/mol. The molecule has 0 radical (unpaired) electrons. The van der Waals surface area contributed by atoms with E-state index in [9.17, 15) is 9.59 Å². The standard InChI is InChI=1S/C24H30N2O4/c1-24(2,3)30-23(28)26(18-20-13-9-6-10-14-20)21(16-25-17-22(27)29-4)15-19-11-7-5-8-12-19/h5-14,16,21H,15,17-18H2,1-4H3/t21-/m0/s1. The van der Waals surface area contributed by atoms with Gasteiger partial charge in [-0.1, -0.05) is 60.7 Å². The molecule has 6 nitrogen and oxygen atoms in total. The maximum Gasteiger partial charge on any atom is 0.411 e. The molecule has 160 valence electrons. The highest BCUT2D eigenvalue weighted by atomic mass is 16.6. The lowest BCUT2D eigenvalue weighted by Crippen LogP contribution is -2.45. The number of carbonyl (C=O) groups excluding carboxylic acids is 2. The Morgan fingerprint density at radius 1 is 1.00 bits per heavy atom. The van der Waals surface area contributed by atoms with Crippen LogP contribution in [0.2, 0.25) is 0 Å². The Kier molecular flexibility index (Phi) is 8.59. The van der Waals surface area contributed by atoms with Crippen molar-refractivity contribution in [2.24, 2.45) is 4.99 Å². The average Bonchev–Trinajstić information content (AvgIpc) is 2.71. The summed E-state index contributed by atoms with van der Waals surface area (Å²) in [6.07, 6.45) is 1.74. The Balaban J connectivity index is 2.34. The van der Waals surface area contributed by atoms with Gasteiger partial charge in [0.2, 0.25) is 0 Å². The fraction of sp³-hybridized carbons (Fsp3) is 0.375. The number of aliphatic imine (C=N–C) groups is 1. The molecule has 0 saturated carbocycles. The zero-order chi connectivity index (χ0) is 22.0. The molecule has 2 aromatic rings. The summed E-state index contributed by atoms with van der Waals surface area (Å²) in [6.45, 7) is 5.77. The van der Waals surface area contributed by atoms with Crippen LogP contribution in [0.25, 0.3) is 0 Å². The molecule has 0 spiro atoms. The summed E-state index contributed by atoms with van der Waals surface area (Å²) < 4.78 is 10.3. The van der Waals surface area contributed by atoms with Gasteiger partial charge in [-0.05, 0) is 38.3 Å². The predicted molar refractivity (Wildman–Crippen MR) is 118 cm³/mol. The van der Waals surface area contributed by atoms with E-state index in [2.05, 4.69) is 9.73 Å². The molecule has 0 aliphatic carbocycles. The van der Waals surface area contributed by atoms with Crippen LogP contribution in [0, 0.1) is 0 Å². The third-order valence-electron chi connectivity index (χ3n) is 4.24. The van der Waals surface area contributed by atoms with Crippen LogP contribution in [0.15, 0.2) is 65.7 Å². The number of amides is 1. The van der Waals surface area contributed by atoms with E-state index in [4.69, 9.17) is 4.74 Å². The lowest BCUT2D eigenvalue weighted by molar-refractivity contribution is -0.138. The zero-order valence-electron chi connectivity index (χ0n) is 18.1. The number of rotatable bonds is 8. The lowest BCUT2D eigenvalue weighted by Gasteiger charge is -2.32. The monoisotopic (exact) mass is 410 g/mol. The van der Waals surface area contributed by atoms with Gasteiger partial charge in [-0.2, -0.15) is 0 Å². The first-order chi connectivity index (χ1) is 14.3. The molecule has 0 saturated heterocycles. The molecule has 1 amide bonds. The smallest absolute Gasteiger partial charge is 0.411 e. The van der Waals surface area contributed by atoms with Gasteiger partial charge < -0.3 is 9.47 Å². The summed E-state index contributed by atoms with van der Waals surface area (Å²) in [5.41, 5.74) is 1.39. The van der Waals surface area contributed by atoms with Gasteiger partial charge >= 0.3 is 12.1 Å². The molecule has 30 heavy (non-hydrogen) atoms. The Morgan fingerprint density at radius 2 is 1.57 bits per heavy atom. The topological polar surface area (TPSA) is 68.2 Å². The van der Waals surface area contributed by atoms with Gasteiger partial charge in [0, 0.05) is 12.8 Å². The molecule has 6 heteroatoms. The van der Waals surface area contributed by atoms with Gasteiger partial charge in [-0.3, -0.25) is 14.7 Å². The third-order valence-corrected chi connectivity index (χ3v) is 4.24. The van der Waals surface area contributed by atoms with Crippen LogP contribution in [0.1, 0.15) is 31.9 Å². The summed E-state index contributed by atoms with van der Waals surface area (Å²) in [5.74, 6) is -0.434. The highest BCUT2D eigenvalue weighted by Crippen LogP contribution is 2.17. The SMILES string of the molecule is COC(=O)CN=C[C@H](Cc1ccccc1)N(Cc1ccccc1)C(=O)OC(C)(C)C. The molecule has 0 N–H and O–H groups in total. The lowest BCUT2D eigenvalue weighted by atomic mass is 10.0. The van der Waals surface area contributed by atoms with Gasteiger partial charge in [0.15, 0.2) is 0 Å². The fourth-order valence-electron chi connectivity index (χ4n) is 2.83. The molecule has 0 heterocycles. The molecule has 1 atom stereocenters. The van der Waals surface area contributed by atoms with E-state index < -0.39 is 23.7 Å². The minimum atomic E-state index is -0.632. The van der Waals surface area contributed by atoms with E-state index in [1.807, 2.05) is 81.4 Å². The highest BCUT2D eigenvalue weighted by Gasteiger charge is 2.28. The molecule has 0 unspecified atom stereocenters. The zero-order valence-corrected chi connectivity index (χ0v) is 18.1. The van der Waals surface area contributed by atoms with Crippen molar-refractivity contribution in [3.8, 4) is 0 Å². The molecular weight excluding hydrogens is 380 g/mol. The number of nitrogens with zero attached hydrogens (tertiary/aromatic N) is 2. The van der Waals surface area contributed by atoms with E-state index in [0.717, 1.165) is 11.1 Å². The molecule has 0 aliphatic rings. The van der Waals surface area contributed by atoms with Crippen molar-refractivity contribution in [1.82, 2.24) is 4.90 Å². The van der Waals surface area contributed by atoms with Gasteiger partial charge in [-0.25, -0.2) is 4.79 Å². The Hall–Kier alpha value is -3.15. The number of methoxy groups -OCH3 is 1. The molecule has 0 aromatic heterocycles. The van der Waals surface area contributed by atoms with Gasteiger partial charge in [-0.15, -0.1) is 0 Å². The van der Waals surface area contributed by atoms with Crippen LogP contribution in [0.5, 0.6) is 0 Å². The van der Waals surface area contributed by atoms with E-state index in [-0.39, 0.29) is 6.54 Å². The van der Waals surface area contributed by atoms with E-state index in [1.165, 1.54) is 7.11 Å². The third kappa shape index (κ3) is 8.07. The number of benzene rings is 2. The Labute approximate surface area is 178 Å². The van der Waals surface area contributed by atoms with Crippen molar-refractivity contribution in [2.75, 3.05) is 13.7 Å². The molecular formula is C24H30N2O4. The van der Waals surface area contributed by atoms with Gasteiger partial charge in [0.25, 0.3) is 0 Å². The van der Waals surface area contributed by atoms with Crippen molar-refractivity contribution < 1.29 is 19.1 Å². The Bertz CT molecular complexity index is 829. The van der Waals surface area contributed by atoms with E-state index in [0.29, 0.717) is 13.0 Å². The van der Waals surface area contributed by atoms with Crippen LogP contribution >= 0.6 is 0 Å². The highest BCUT2D eigenvalue weighted by molar-refractivity contribution is 5.78. The largest absolute Gasteiger partial charge is 0.468 e. The second kappa shape index (κ2) is 11.1. The van der Waals surface area contributed by atoms with Crippen LogP contribution in [-0.2, 0) is 27.2 Å². The number of esters is 1. The predicted octanol–water partition coefficient (Wildman–Crippen LogP) is 4.28. The number of hydrogen-bond acceptors (Lipinski definition) is 5. The minimum Gasteiger partial charge on any atom is -0.468 e. The summed E-state index contributed by atoms with van der Waals surface area (Å²) in [5, 5.41) is 0. The summed E-state index contributed by atoms with van der Waals surface area (Å²) >= 11 is 0. The molecule has 0 bridgehead atoms.